The summed E-state index contributed by atoms with van der Waals surface area (Å²) in [5.41, 5.74) is 2.03. The van der Waals surface area contributed by atoms with Gasteiger partial charge in [-0.3, -0.25) is 14.5 Å². The van der Waals surface area contributed by atoms with Crippen molar-refractivity contribution < 1.29 is 9.59 Å². The number of carbonyl (C=O) groups is 2. The highest BCUT2D eigenvalue weighted by molar-refractivity contribution is 7.10. The minimum atomic E-state index is -0.350. The molecule has 2 saturated heterocycles. The number of likely N-dealkylation sites (tertiary alicyclic amines) is 1. The summed E-state index contributed by atoms with van der Waals surface area (Å²) in [5.74, 6) is -0.301. The van der Waals surface area contributed by atoms with Crippen molar-refractivity contribution in [1.82, 2.24) is 10.2 Å². The lowest BCUT2D eigenvalue weighted by atomic mass is 9.97. The molecule has 2 aromatic rings. The minimum absolute atomic E-state index is 0.0222. The van der Waals surface area contributed by atoms with E-state index in [4.69, 9.17) is 0 Å². The number of aryl methyl sites for hydroxylation is 1. The Balaban J connectivity index is 1.37. The predicted octanol–water partition coefficient (Wildman–Crippen LogP) is 3.50. The zero-order valence-corrected chi connectivity index (χ0v) is 17.5. The maximum absolute atomic E-state index is 13.3. The molecule has 5 rings (SSSR count). The molecule has 6 heteroatoms. The van der Waals surface area contributed by atoms with E-state index in [1.165, 1.54) is 12.8 Å². The lowest BCUT2D eigenvalue weighted by molar-refractivity contribution is -0.127. The fraction of sp³-hybridized carbons (Fsp3) is 0.478. The second-order valence-electron chi connectivity index (χ2n) is 8.59. The SMILES string of the molecule is Cc1ccc(N2C(=O)CC(C(=O)NC3CCN(C4CC4)C3)C2c2cccs2)cc1. The van der Waals surface area contributed by atoms with Gasteiger partial charge in [0.25, 0.3) is 0 Å². The molecule has 2 aliphatic heterocycles. The van der Waals surface area contributed by atoms with Gasteiger partial charge in [0.05, 0.1) is 12.0 Å². The number of rotatable bonds is 5. The first-order valence-electron chi connectivity index (χ1n) is 10.6. The second-order valence-corrected chi connectivity index (χ2v) is 9.57. The smallest absolute Gasteiger partial charge is 0.228 e. The van der Waals surface area contributed by atoms with Crippen LogP contribution in [0.3, 0.4) is 0 Å². The largest absolute Gasteiger partial charge is 0.352 e. The maximum Gasteiger partial charge on any atom is 0.228 e. The highest BCUT2D eigenvalue weighted by atomic mass is 32.1. The number of nitrogens with zero attached hydrogens (tertiary/aromatic N) is 2. The summed E-state index contributed by atoms with van der Waals surface area (Å²) in [6.45, 7) is 4.06. The third-order valence-corrected chi connectivity index (χ3v) is 7.38. The van der Waals surface area contributed by atoms with Crippen molar-refractivity contribution >= 4 is 28.8 Å². The summed E-state index contributed by atoms with van der Waals surface area (Å²) in [4.78, 5) is 31.7. The van der Waals surface area contributed by atoms with Gasteiger partial charge in [0.1, 0.15) is 0 Å². The monoisotopic (exact) mass is 409 g/mol. The Hall–Kier alpha value is -2.18. The Morgan fingerprint density at radius 3 is 2.62 bits per heavy atom. The molecule has 3 heterocycles. The highest BCUT2D eigenvalue weighted by Crippen LogP contribution is 2.43. The van der Waals surface area contributed by atoms with Crippen molar-refractivity contribution in [1.29, 1.82) is 0 Å². The molecule has 3 atom stereocenters. The highest BCUT2D eigenvalue weighted by Gasteiger charge is 2.46. The molecular formula is C23H27N3O2S. The van der Waals surface area contributed by atoms with Crippen molar-refractivity contribution in [2.24, 2.45) is 5.92 Å². The number of hydrogen-bond acceptors (Lipinski definition) is 4. The topological polar surface area (TPSA) is 52.7 Å². The zero-order valence-electron chi connectivity index (χ0n) is 16.7. The van der Waals surface area contributed by atoms with Gasteiger partial charge in [-0.15, -0.1) is 11.3 Å². The fourth-order valence-electron chi connectivity index (χ4n) is 4.75. The van der Waals surface area contributed by atoms with Crippen molar-refractivity contribution in [3.63, 3.8) is 0 Å². The van der Waals surface area contributed by atoms with Crippen molar-refractivity contribution in [2.45, 2.75) is 50.7 Å². The molecule has 0 spiro atoms. The molecule has 5 nitrogen and oxygen atoms in total. The van der Waals surface area contributed by atoms with Gasteiger partial charge >= 0.3 is 0 Å². The molecule has 3 unspecified atom stereocenters. The lowest BCUT2D eigenvalue weighted by Crippen LogP contribution is -2.42. The Morgan fingerprint density at radius 1 is 1.14 bits per heavy atom. The van der Waals surface area contributed by atoms with Gasteiger partial charge in [-0.05, 0) is 49.8 Å². The summed E-state index contributed by atoms with van der Waals surface area (Å²) in [7, 11) is 0. The van der Waals surface area contributed by atoms with E-state index < -0.39 is 0 Å². The summed E-state index contributed by atoms with van der Waals surface area (Å²) in [6.07, 6.45) is 3.86. The first-order chi connectivity index (χ1) is 14.1. The molecule has 152 valence electrons. The van der Waals surface area contributed by atoms with Crippen molar-refractivity contribution in [2.75, 3.05) is 18.0 Å². The van der Waals surface area contributed by atoms with Gasteiger partial charge < -0.3 is 10.2 Å². The number of benzene rings is 1. The zero-order chi connectivity index (χ0) is 20.0. The number of carbonyl (C=O) groups excluding carboxylic acids is 2. The molecule has 2 amide bonds. The summed E-state index contributed by atoms with van der Waals surface area (Å²) in [6, 6.07) is 12.8. The number of anilines is 1. The van der Waals surface area contributed by atoms with E-state index >= 15 is 0 Å². The van der Waals surface area contributed by atoms with Crippen LogP contribution in [0, 0.1) is 12.8 Å². The van der Waals surface area contributed by atoms with Crippen LogP contribution in [0.15, 0.2) is 41.8 Å². The molecule has 1 aliphatic carbocycles. The summed E-state index contributed by atoms with van der Waals surface area (Å²) < 4.78 is 0. The lowest BCUT2D eigenvalue weighted by Gasteiger charge is -2.28. The molecule has 29 heavy (non-hydrogen) atoms. The van der Waals surface area contributed by atoms with E-state index in [1.54, 1.807) is 11.3 Å². The van der Waals surface area contributed by atoms with E-state index in [0.29, 0.717) is 0 Å². The van der Waals surface area contributed by atoms with Crippen LogP contribution in [0.4, 0.5) is 5.69 Å². The Morgan fingerprint density at radius 2 is 1.93 bits per heavy atom. The van der Waals surface area contributed by atoms with Gasteiger partial charge in [-0.25, -0.2) is 0 Å². The standard InChI is InChI=1S/C23H27N3O2S/c1-15-4-6-18(7-5-15)26-21(27)13-19(22(26)20-3-2-12-29-20)23(28)24-16-10-11-25(14-16)17-8-9-17/h2-7,12,16-17,19,22H,8-11,13-14H2,1H3,(H,24,28). The maximum atomic E-state index is 13.3. The molecule has 1 aromatic heterocycles. The summed E-state index contributed by atoms with van der Waals surface area (Å²) >= 11 is 1.62. The van der Waals surface area contributed by atoms with Gasteiger partial charge in [0.15, 0.2) is 0 Å². The number of hydrogen-bond donors (Lipinski definition) is 1. The van der Waals surface area contributed by atoms with Crippen molar-refractivity contribution in [3.8, 4) is 0 Å². The Labute approximate surface area is 175 Å². The molecule has 1 N–H and O–H groups in total. The van der Waals surface area contributed by atoms with E-state index in [0.717, 1.165) is 41.7 Å². The van der Waals surface area contributed by atoms with Crippen LogP contribution in [-0.2, 0) is 9.59 Å². The van der Waals surface area contributed by atoms with Crippen LogP contribution in [0.25, 0.3) is 0 Å². The molecule has 0 radical (unpaired) electrons. The Bertz CT molecular complexity index is 891. The van der Waals surface area contributed by atoms with Crippen LogP contribution in [0.1, 0.15) is 42.2 Å². The third-order valence-electron chi connectivity index (χ3n) is 6.44. The van der Waals surface area contributed by atoms with Crippen LogP contribution in [-0.4, -0.2) is 41.9 Å². The molecule has 3 fully saturated rings. The average molecular weight is 410 g/mol. The van der Waals surface area contributed by atoms with Gasteiger partial charge in [0.2, 0.25) is 11.8 Å². The quantitative estimate of drug-likeness (QED) is 0.822. The Kier molecular flexibility index (Phi) is 4.92. The van der Waals surface area contributed by atoms with Gasteiger partial charge in [-0.1, -0.05) is 23.8 Å². The normalized spacial score (nSPS) is 27.6. The molecule has 0 bridgehead atoms. The average Bonchev–Trinajstić information content (AvgIpc) is 3.10. The van der Waals surface area contributed by atoms with Crippen LogP contribution >= 0.6 is 11.3 Å². The third kappa shape index (κ3) is 3.71. The first kappa shape index (κ1) is 18.8. The summed E-state index contributed by atoms with van der Waals surface area (Å²) in [5, 5.41) is 5.29. The van der Waals surface area contributed by atoms with Crippen molar-refractivity contribution in [3.05, 3.63) is 52.2 Å². The molecular weight excluding hydrogens is 382 g/mol. The number of amides is 2. The van der Waals surface area contributed by atoms with Crippen LogP contribution < -0.4 is 10.2 Å². The molecule has 1 aromatic carbocycles. The predicted molar refractivity (Wildman–Crippen MR) is 115 cm³/mol. The van der Waals surface area contributed by atoms with E-state index in [1.807, 2.05) is 53.6 Å². The number of thiophene rings is 1. The minimum Gasteiger partial charge on any atom is -0.352 e. The van der Waals surface area contributed by atoms with Crippen LogP contribution in [0.5, 0.6) is 0 Å². The number of nitrogens with one attached hydrogen (secondary N) is 1. The van der Waals surface area contributed by atoms with E-state index in [-0.39, 0.29) is 36.2 Å². The fourth-order valence-corrected chi connectivity index (χ4v) is 5.63. The first-order valence-corrected chi connectivity index (χ1v) is 11.4. The van der Waals surface area contributed by atoms with Gasteiger partial charge in [-0.2, -0.15) is 0 Å². The van der Waals surface area contributed by atoms with Gasteiger partial charge in [0, 0.05) is 42.2 Å². The molecule has 1 saturated carbocycles. The molecule has 3 aliphatic rings. The second kappa shape index (κ2) is 7.58. The van der Waals surface area contributed by atoms with Crippen LogP contribution in [0.2, 0.25) is 0 Å². The van der Waals surface area contributed by atoms with E-state index in [2.05, 4.69) is 10.2 Å². The van der Waals surface area contributed by atoms with E-state index in [9.17, 15) is 9.59 Å².